The van der Waals surface area contributed by atoms with E-state index >= 15 is 0 Å². The van der Waals surface area contributed by atoms with Crippen LogP contribution in [0.2, 0.25) is 0 Å². The van der Waals surface area contributed by atoms with Crippen LogP contribution in [0.25, 0.3) is 28.0 Å². The number of carbonyl (C=O) groups excluding carboxylic acids is 1. The molecule has 11 nitrogen and oxygen atoms in total. The number of nitrogens with zero attached hydrogens (tertiary/aromatic N) is 9. The zero-order chi connectivity index (χ0) is 31.3. The van der Waals surface area contributed by atoms with Crippen molar-refractivity contribution < 1.29 is 14.3 Å². The van der Waals surface area contributed by atoms with Gasteiger partial charge in [-0.05, 0) is 55.7 Å². The second kappa shape index (κ2) is 11.2. The summed E-state index contributed by atoms with van der Waals surface area (Å²) in [6.45, 7) is 4.30. The van der Waals surface area contributed by atoms with Gasteiger partial charge in [0.25, 0.3) is 5.91 Å². The zero-order valence-electron chi connectivity index (χ0n) is 24.8. The molecule has 0 radical (unpaired) electrons. The number of rotatable bonds is 7. The minimum atomic E-state index is -1.14. The van der Waals surface area contributed by atoms with Crippen LogP contribution in [0.4, 0.5) is 21.3 Å². The number of aromatic nitrogens is 5. The molecule has 13 heteroatoms. The van der Waals surface area contributed by atoms with Gasteiger partial charge in [0.05, 0.1) is 5.69 Å². The Hall–Kier alpha value is -4.93. The third-order valence-corrected chi connectivity index (χ3v) is 9.42. The Bertz CT molecular complexity index is 1940. The molecule has 1 aliphatic carbocycles. The van der Waals surface area contributed by atoms with Gasteiger partial charge in [-0.3, -0.25) is 9.20 Å². The number of amides is 1. The highest BCUT2D eigenvalue weighted by Crippen LogP contribution is 2.38. The molecule has 0 spiro atoms. The first-order valence-corrected chi connectivity index (χ1v) is 15.6. The van der Waals surface area contributed by atoms with E-state index in [0.29, 0.717) is 72.7 Å². The predicted molar refractivity (Wildman–Crippen MR) is 169 cm³/mol. The maximum atomic E-state index is 13.5. The molecule has 5 heterocycles. The highest BCUT2D eigenvalue weighted by atomic mass is 32.1. The first-order chi connectivity index (χ1) is 21.8. The largest absolute Gasteiger partial charge is 0.380 e. The van der Waals surface area contributed by atoms with Crippen molar-refractivity contribution in [3.8, 4) is 28.5 Å². The Morgan fingerprint density at radius 2 is 1.73 bits per heavy atom. The van der Waals surface area contributed by atoms with E-state index in [-0.39, 0.29) is 11.7 Å². The van der Waals surface area contributed by atoms with Crippen molar-refractivity contribution >= 4 is 39.8 Å². The molecule has 1 saturated carbocycles. The molecule has 0 bridgehead atoms. The minimum absolute atomic E-state index is 0.168. The van der Waals surface area contributed by atoms with Crippen LogP contribution >= 0.6 is 11.3 Å². The number of thiazole rings is 1. The van der Waals surface area contributed by atoms with E-state index in [9.17, 15) is 19.6 Å². The molecule has 4 aromatic heterocycles. The topological polar surface area (TPSA) is 127 Å². The fourth-order valence-corrected chi connectivity index (χ4v) is 6.48. The van der Waals surface area contributed by atoms with Crippen molar-refractivity contribution in [2.45, 2.75) is 31.8 Å². The number of aryl methyl sites for hydroxylation is 1. The molecule has 2 fully saturated rings. The van der Waals surface area contributed by atoms with Crippen LogP contribution < -0.4 is 9.80 Å². The molecule has 1 amide bonds. The van der Waals surface area contributed by atoms with Crippen molar-refractivity contribution in [3.05, 3.63) is 71.4 Å². The highest BCUT2D eigenvalue weighted by molar-refractivity contribution is 7.16. The molecule has 45 heavy (non-hydrogen) atoms. The first kappa shape index (κ1) is 28.8. The molecule has 1 aliphatic heterocycles. The van der Waals surface area contributed by atoms with Crippen molar-refractivity contribution in [1.82, 2.24) is 29.2 Å². The number of fused-ring (bicyclic) bond motifs is 1. The summed E-state index contributed by atoms with van der Waals surface area (Å²) in [6.07, 6.45) is 7.37. The van der Waals surface area contributed by atoms with Gasteiger partial charge in [0.15, 0.2) is 5.13 Å². The third-order valence-electron chi connectivity index (χ3n) is 8.38. The number of nitriles is 1. The van der Waals surface area contributed by atoms with Crippen molar-refractivity contribution in [2.75, 3.05) is 43.0 Å². The van der Waals surface area contributed by atoms with Gasteiger partial charge in [0, 0.05) is 68.5 Å². The first-order valence-electron chi connectivity index (χ1n) is 14.8. The third kappa shape index (κ3) is 5.26. The molecule has 7 rings (SSSR count). The SMILES string of the molecule is CCc1nc2ccc(-c3cnc(N4CCN(C(=O)C5(O)CC5)CC4)nc3)cn2c1N(C)c1nc(-c2ccc(F)cc2)c(C#N)s1. The molecule has 228 valence electrons. The average molecular weight is 624 g/mol. The second-order valence-corrected chi connectivity index (χ2v) is 12.3. The Kier molecular flexibility index (Phi) is 7.18. The Balaban J connectivity index is 1.14. The van der Waals surface area contributed by atoms with Crippen LogP contribution in [0, 0.1) is 17.1 Å². The lowest BCUT2D eigenvalue weighted by molar-refractivity contribution is -0.142. The van der Waals surface area contributed by atoms with Gasteiger partial charge < -0.3 is 19.8 Å². The molecule has 1 N–H and O–H groups in total. The quantitative estimate of drug-likeness (QED) is 0.280. The summed E-state index contributed by atoms with van der Waals surface area (Å²) >= 11 is 1.27. The maximum absolute atomic E-state index is 13.5. The fraction of sp³-hybridized carbons (Fsp3) is 0.312. The lowest BCUT2D eigenvalue weighted by Crippen LogP contribution is -2.52. The summed E-state index contributed by atoms with van der Waals surface area (Å²) in [7, 11) is 1.90. The Labute approximate surface area is 262 Å². The number of carbonyl (C=O) groups is 1. The number of anilines is 3. The van der Waals surface area contributed by atoms with Crippen LogP contribution in [0.3, 0.4) is 0 Å². The smallest absolute Gasteiger partial charge is 0.254 e. The summed E-state index contributed by atoms with van der Waals surface area (Å²) in [5.74, 6) is 0.916. The number of pyridine rings is 1. The molecule has 1 saturated heterocycles. The van der Waals surface area contributed by atoms with Crippen LogP contribution in [-0.4, -0.2) is 79.1 Å². The van der Waals surface area contributed by atoms with Gasteiger partial charge in [0.1, 0.15) is 39.5 Å². The average Bonchev–Trinajstić information content (AvgIpc) is 3.51. The summed E-state index contributed by atoms with van der Waals surface area (Å²) in [6, 6.07) is 12.2. The zero-order valence-corrected chi connectivity index (χ0v) is 25.6. The van der Waals surface area contributed by atoms with Crippen LogP contribution in [-0.2, 0) is 11.2 Å². The Morgan fingerprint density at radius 1 is 1.04 bits per heavy atom. The van der Waals surface area contributed by atoms with E-state index in [1.807, 2.05) is 46.5 Å². The fourth-order valence-electron chi connectivity index (χ4n) is 5.64. The molecular weight excluding hydrogens is 593 g/mol. The summed E-state index contributed by atoms with van der Waals surface area (Å²) in [4.78, 5) is 37.5. The van der Waals surface area contributed by atoms with Crippen LogP contribution in [0.15, 0.2) is 55.0 Å². The van der Waals surface area contributed by atoms with Crippen molar-refractivity contribution in [1.29, 1.82) is 5.26 Å². The minimum Gasteiger partial charge on any atom is -0.380 e. The predicted octanol–water partition coefficient (Wildman–Crippen LogP) is 4.43. The molecule has 0 unspecified atom stereocenters. The molecular formula is C32H30FN9O2S. The maximum Gasteiger partial charge on any atom is 0.254 e. The standard InChI is InChI=1S/C32H30FN9O2S/c1-3-24-28(39(2)31-38-27(25(16-34)45-31)20-4-7-23(33)8-5-20)42-19-21(6-9-26(42)37-24)22-17-35-30(36-18-22)41-14-12-40(13-15-41)29(43)32(44)10-11-32/h4-9,17-19,44H,3,10-15H2,1-2H3. The van der Waals surface area contributed by atoms with Gasteiger partial charge >= 0.3 is 0 Å². The molecule has 2 aliphatic rings. The molecule has 0 atom stereocenters. The molecule has 1 aromatic carbocycles. The van der Waals surface area contributed by atoms with Gasteiger partial charge in [-0.25, -0.2) is 24.3 Å². The number of hydrogen-bond acceptors (Lipinski definition) is 10. The van der Waals surface area contributed by atoms with Crippen LogP contribution in [0.5, 0.6) is 0 Å². The molecule has 5 aromatic rings. The van der Waals surface area contributed by atoms with E-state index in [0.717, 1.165) is 28.3 Å². The van der Waals surface area contributed by atoms with Crippen molar-refractivity contribution in [2.24, 2.45) is 0 Å². The number of benzene rings is 1. The van der Waals surface area contributed by atoms with Crippen molar-refractivity contribution in [3.63, 3.8) is 0 Å². The number of piperazine rings is 1. The van der Waals surface area contributed by atoms with E-state index in [1.165, 1.54) is 23.5 Å². The highest BCUT2D eigenvalue weighted by Gasteiger charge is 2.50. The van der Waals surface area contributed by atoms with Crippen LogP contribution in [0.1, 0.15) is 30.3 Å². The lowest BCUT2D eigenvalue weighted by atomic mass is 10.1. The van der Waals surface area contributed by atoms with E-state index in [4.69, 9.17) is 9.97 Å². The number of aliphatic hydroxyl groups is 1. The van der Waals surface area contributed by atoms with Gasteiger partial charge in [-0.15, -0.1) is 0 Å². The summed E-state index contributed by atoms with van der Waals surface area (Å²) < 4.78 is 15.5. The Morgan fingerprint density at radius 3 is 2.38 bits per heavy atom. The monoisotopic (exact) mass is 623 g/mol. The number of hydrogen-bond donors (Lipinski definition) is 1. The van der Waals surface area contributed by atoms with E-state index in [2.05, 4.69) is 16.0 Å². The van der Waals surface area contributed by atoms with Gasteiger partial charge in [-0.2, -0.15) is 5.26 Å². The van der Waals surface area contributed by atoms with Gasteiger partial charge in [0.2, 0.25) is 5.95 Å². The number of imidazole rings is 1. The summed E-state index contributed by atoms with van der Waals surface area (Å²) in [5, 5.41) is 20.6. The summed E-state index contributed by atoms with van der Waals surface area (Å²) in [5.41, 5.74) is 3.44. The van der Waals surface area contributed by atoms with E-state index < -0.39 is 5.60 Å². The normalized spacial score (nSPS) is 15.7. The number of halogens is 1. The van der Waals surface area contributed by atoms with E-state index in [1.54, 1.807) is 29.4 Å². The second-order valence-electron chi connectivity index (χ2n) is 11.3. The van der Waals surface area contributed by atoms with Gasteiger partial charge in [-0.1, -0.05) is 18.3 Å². The lowest BCUT2D eigenvalue weighted by Gasteiger charge is -2.35.